The Kier molecular flexibility index (Phi) is 2.89. The van der Waals surface area contributed by atoms with Gasteiger partial charge in [-0.1, -0.05) is 46.8 Å². The number of aryl methyl sites for hydroxylation is 1. The van der Waals surface area contributed by atoms with E-state index in [2.05, 4.69) is 53.7 Å². The minimum atomic E-state index is 0.923. The van der Waals surface area contributed by atoms with Crippen LogP contribution < -0.4 is 0 Å². The first-order valence-corrected chi connectivity index (χ1v) is 4.37. The van der Waals surface area contributed by atoms with E-state index in [-0.39, 0.29) is 0 Å². The molecule has 0 radical (unpaired) electrons. The molecule has 0 amide bonds. The van der Waals surface area contributed by atoms with Gasteiger partial charge in [-0.3, -0.25) is 0 Å². The van der Waals surface area contributed by atoms with Crippen LogP contribution >= 0.6 is 15.9 Å². The molecule has 0 N–H and O–H groups in total. The Labute approximate surface area is 76.1 Å². The lowest BCUT2D eigenvalue weighted by Crippen LogP contribution is -1.86. The summed E-state index contributed by atoms with van der Waals surface area (Å²) >= 11 is 3.35. The smallest absolute Gasteiger partial charge is 0.00373 e. The Morgan fingerprint density at radius 3 is 2.64 bits per heavy atom. The van der Waals surface area contributed by atoms with Crippen molar-refractivity contribution in [1.82, 2.24) is 0 Å². The highest BCUT2D eigenvalue weighted by molar-refractivity contribution is 9.11. The molecule has 1 aromatic carbocycles. The Morgan fingerprint density at radius 2 is 2.09 bits per heavy atom. The summed E-state index contributed by atoms with van der Waals surface area (Å²) < 4.78 is 1.03. The van der Waals surface area contributed by atoms with Crippen molar-refractivity contribution in [3.63, 3.8) is 0 Å². The molecular weight excluding hydrogens is 200 g/mol. The molecule has 0 bridgehead atoms. The van der Waals surface area contributed by atoms with E-state index < -0.39 is 0 Å². The molecule has 0 nitrogen and oxygen atoms in total. The lowest BCUT2D eigenvalue weighted by molar-refractivity contribution is 1.21. The van der Waals surface area contributed by atoms with Gasteiger partial charge in [0.1, 0.15) is 0 Å². The molecule has 1 aromatic rings. The predicted molar refractivity (Wildman–Crippen MR) is 53.0 cm³/mol. The summed E-state index contributed by atoms with van der Waals surface area (Å²) in [4.78, 5) is 0. The van der Waals surface area contributed by atoms with Gasteiger partial charge in [0.2, 0.25) is 0 Å². The number of rotatable bonds is 2. The molecule has 0 fully saturated rings. The molecule has 0 aliphatic carbocycles. The zero-order valence-corrected chi connectivity index (χ0v) is 8.19. The SMILES string of the molecule is C=C(Br)Cc1ccccc1C. The van der Waals surface area contributed by atoms with Gasteiger partial charge in [0, 0.05) is 6.42 Å². The molecule has 0 heterocycles. The summed E-state index contributed by atoms with van der Waals surface area (Å²) in [7, 11) is 0. The van der Waals surface area contributed by atoms with Crippen molar-refractivity contribution in [2.24, 2.45) is 0 Å². The van der Waals surface area contributed by atoms with E-state index in [1.54, 1.807) is 0 Å². The molecule has 0 saturated heterocycles. The molecule has 0 aromatic heterocycles. The van der Waals surface area contributed by atoms with E-state index >= 15 is 0 Å². The lowest BCUT2D eigenvalue weighted by Gasteiger charge is -2.02. The van der Waals surface area contributed by atoms with Crippen LogP contribution in [0.25, 0.3) is 0 Å². The molecule has 0 aliphatic rings. The molecule has 11 heavy (non-hydrogen) atoms. The average molecular weight is 211 g/mol. The van der Waals surface area contributed by atoms with Crippen LogP contribution in [0.5, 0.6) is 0 Å². The van der Waals surface area contributed by atoms with Crippen molar-refractivity contribution in [2.75, 3.05) is 0 Å². The number of allylic oxidation sites excluding steroid dienone is 1. The molecule has 1 heteroatoms. The first kappa shape index (κ1) is 8.54. The highest BCUT2D eigenvalue weighted by Gasteiger charge is 1.96. The molecule has 1 rings (SSSR count). The maximum Gasteiger partial charge on any atom is 0.00373 e. The van der Waals surface area contributed by atoms with E-state index in [0.717, 1.165) is 10.9 Å². The average Bonchev–Trinajstić information content (AvgIpc) is 1.93. The van der Waals surface area contributed by atoms with Crippen LogP contribution in [0.1, 0.15) is 11.1 Å². The summed E-state index contributed by atoms with van der Waals surface area (Å²) in [5.74, 6) is 0. The van der Waals surface area contributed by atoms with Crippen molar-refractivity contribution < 1.29 is 0 Å². The monoisotopic (exact) mass is 210 g/mol. The van der Waals surface area contributed by atoms with E-state index in [4.69, 9.17) is 0 Å². The van der Waals surface area contributed by atoms with Gasteiger partial charge < -0.3 is 0 Å². The fourth-order valence-corrected chi connectivity index (χ4v) is 1.32. The number of halogens is 1. The number of benzene rings is 1. The van der Waals surface area contributed by atoms with Crippen LogP contribution in [-0.4, -0.2) is 0 Å². The Morgan fingerprint density at radius 1 is 1.45 bits per heavy atom. The largest absolute Gasteiger partial charge is 0.0885 e. The summed E-state index contributed by atoms with van der Waals surface area (Å²) in [6.07, 6.45) is 0.923. The number of hydrogen-bond donors (Lipinski definition) is 0. The van der Waals surface area contributed by atoms with Gasteiger partial charge in [-0.05, 0) is 22.5 Å². The van der Waals surface area contributed by atoms with Crippen LogP contribution in [0.3, 0.4) is 0 Å². The fraction of sp³-hybridized carbons (Fsp3) is 0.200. The normalized spacial score (nSPS) is 9.64. The Balaban J connectivity index is 2.86. The van der Waals surface area contributed by atoms with Crippen LogP contribution in [0, 0.1) is 6.92 Å². The fourth-order valence-electron chi connectivity index (χ4n) is 1.02. The molecule has 0 atom stereocenters. The van der Waals surface area contributed by atoms with E-state index in [1.807, 2.05) is 0 Å². The topological polar surface area (TPSA) is 0 Å². The highest BCUT2D eigenvalue weighted by Crippen LogP contribution is 2.14. The lowest BCUT2D eigenvalue weighted by atomic mass is 10.1. The third-order valence-corrected chi connectivity index (χ3v) is 1.92. The summed E-state index contributed by atoms with van der Waals surface area (Å²) in [6.45, 7) is 5.92. The maximum atomic E-state index is 3.81. The van der Waals surface area contributed by atoms with Gasteiger partial charge in [0.05, 0.1) is 0 Å². The first-order chi connectivity index (χ1) is 5.20. The first-order valence-electron chi connectivity index (χ1n) is 3.58. The quantitative estimate of drug-likeness (QED) is 0.702. The predicted octanol–water partition coefficient (Wildman–Crippen LogP) is 3.45. The van der Waals surface area contributed by atoms with Crippen LogP contribution in [0.2, 0.25) is 0 Å². The van der Waals surface area contributed by atoms with Gasteiger partial charge in [0.25, 0.3) is 0 Å². The second-order valence-corrected chi connectivity index (χ2v) is 3.74. The third kappa shape index (κ3) is 2.51. The molecule has 0 spiro atoms. The van der Waals surface area contributed by atoms with E-state index in [0.29, 0.717) is 0 Å². The zero-order valence-electron chi connectivity index (χ0n) is 6.60. The van der Waals surface area contributed by atoms with Crippen molar-refractivity contribution in [1.29, 1.82) is 0 Å². The summed E-state index contributed by atoms with van der Waals surface area (Å²) in [5, 5.41) is 0. The van der Waals surface area contributed by atoms with Crippen LogP contribution in [0.15, 0.2) is 35.3 Å². The molecule has 0 saturated carbocycles. The van der Waals surface area contributed by atoms with Crippen molar-refractivity contribution in [3.8, 4) is 0 Å². The van der Waals surface area contributed by atoms with Crippen LogP contribution in [-0.2, 0) is 6.42 Å². The summed E-state index contributed by atoms with van der Waals surface area (Å²) in [6, 6.07) is 8.35. The van der Waals surface area contributed by atoms with E-state index in [9.17, 15) is 0 Å². The van der Waals surface area contributed by atoms with Crippen molar-refractivity contribution >= 4 is 15.9 Å². The molecule has 0 unspecified atom stereocenters. The van der Waals surface area contributed by atoms with Crippen molar-refractivity contribution in [3.05, 3.63) is 46.5 Å². The molecule has 0 aliphatic heterocycles. The van der Waals surface area contributed by atoms with Crippen LogP contribution in [0.4, 0.5) is 0 Å². The van der Waals surface area contributed by atoms with Gasteiger partial charge >= 0.3 is 0 Å². The van der Waals surface area contributed by atoms with Gasteiger partial charge in [-0.15, -0.1) is 0 Å². The van der Waals surface area contributed by atoms with E-state index in [1.165, 1.54) is 11.1 Å². The second kappa shape index (κ2) is 3.72. The Hall–Kier alpha value is -0.560. The standard InChI is InChI=1S/C10H11Br/c1-8-5-3-4-6-10(8)7-9(2)11/h3-6H,2,7H2,1H3. The number of hydrogen-bond acceptors (Lipinski definition) is 0. The molecular formula is C10H11Br. The highest BCUT2D eigenvalue weighted by atomic mass is 79.9. The maximum absolute atomic E-state index is 3.81. The second-order valence-electron chi connectivity index (χ2n) is 2.62. The van der Waals surface area contributed by atoms with Gasteiger partial charge in [0.15, 0.2) is 0 Å². The summed E-state index contributed by atoms with van der Waals surface area (Å²) in [5.41, 5.74) is 2.67. The van der Waals surface area contributed by atoms with Gasteiger partial charge in [-0.2, -0.15) is 0 Å². The minimum absolute atomic E-state index is 0.923. The Bertz CT molecular complexity index is 263. The zero-order chi connectivity index (χ0) is 8.27. The third-order valence-electron chi connectivity index (χ3n) is 1.64. The van der Waals surface area contributed by atoms with Gasteiger partial charge in [-0.25, -0.2) is 0 Å². The minimum Gasteiger partial charge on any atom is -0.0885 e. The molecule has 58 valence electrons. The van der Waals surface area contributed by atoms with Crippen molar-refractivity contribution in [2.45, 2.75) is 13.3 Å².